The van der Waals surface area contributed by atoms with Crippen LogP contribution in [0.4, 0.5) is 5.69 Å². The minimum absolute atomic E-state index is 0.0320. The summed E-state index contributed by atoms with van der Waals surface area (Å²) in [6.45, 7) is 4.53. The number of anilines is 1. The zero-order valence-corrected chi connectivity index (χ0v) is 26.4. The van der Waals surface area contributed by atoms with Crippen LogP contribution in [-0.4, -0.2) is 112 Å². The molecule has 0 saturated carbocycles. The van der Waals surface area contributed by atoms with Crippen LogP contribution in [0.2, 0.25) is 0 Å². The SMILES string of the molecule is C#CCOCCOCCOCCOCCOCC#Cc1ccc2c(c1)N(C)C(=O)[C@@H](NC(=O)c1ncn(Cc3ccccc3)n1)CO2. The first-order valence-electron chi connectivity index (χ1n) is 15.1. The van der Waals surface area contributed by atoms with E-state index in [-0.39, 0.29) is 31.6 Å². The molecule has 2 amide bonds. The van der Waals surface area contributed by atoms with E-state index in [4.69, 9.17) is 34.8 Å². The van der Waals surface area contributed by atoms with Crippen LogP contribution in [0.15, 0.2) is 54.9 Å². The number of carbonyl (C=O) groups excluding carboxylic acids is 2. The molecule has 0 aliphatic carbocycles. The molecule has 0 saturated heterocycles. The largest absolute Gasteiger partial charge is 0.489 e. The molecule has 3 aromatic rings. The number of hydrogen-bond donors (Lipinski definition) is 1. The second-order valence-corrected chi connectivity index (χ2v) is 10.1. The van der Waals surface area contributed by atoms with Crippen molar-refractivity contribution in [2.45, 2.75) is 12.6 Å². The summed E-state index contributed by atoms with van der Waals surface area (Å²) in [6, 6.07) is 14.1. The Morgan fingerprint density at radius 3 is 2.30 bits per heavy atom. The highest BCUT2D eigenvalue weighted by Gasteiger charge is 2.31. The van der Waals surface area contributed by atoms with E-state index in [1.165, 1.54) is 11.2 Å². The molecule has 0 fully saturated rings. The summed E-state index contributed by atoms with van der Waals surface area (Å²) in [7, 11) is 1.63. The molecule has 2 heterocycles. The number of carbonyl (C=O) groups is 2. The molecule has 1 aliphatic heterocycles. The number of amides is 2. The molecular formula is C34H39N5O8. The number of terminal acetylenes is 1. The molecule has 248 valence electrons. The lowest BCUT2D eigenvalue weighted by Crippen LogP contribution is -2.49. The van der Waals surface area contributed by atoms with Crippen LogP contribution in [-0.2, 0) is 35.0 Å². The molecule has 1 N–H and O–H groups in total. The van der Waals surface area contributed by atoms with Crippen molar-refractivity contribution in [3.05, 3.63) is 71.8 Å². The van der Waals surface area contributed by atoms with Gasteiger partial charge in [0.2, 0.25) is 5.82 Å². The molecule has 0 bridgehead atoms. The predicted molar refractivity (Wildman–Crippen MR) is 172 cm³/mol. The van der Waals surface area contributed by atoms with Crippen LogP contribution in [0.5, 0.6) is 5.75 Å². The van der Waals surface area contributed by atoms with Crippen molar-refractivity contribution in [1.29, 1.82) is 0 Å². The highest BCUT2D eigenvalue weighted by Crippen LogP contribution is 2.31. The summed E-state index contributed by atoms with van der Waals surface area (Å²) in [4.78, 5) is 31.7. The van der Waals surface area contributed by atoms with E-state index in [1.807, 2.05) is 30.3 Å². The fourth-order valence-corrected chi connectivity index (χ4v) is 4.32. The first kappa shape index (κ1) is 35.1. The lowest BCUT2D eigenvalue weighted by molar-refractivity contribution is -0.120. The smallest absolute Gasteiger partial charge is 0.291 e. The molecule has 1 aliphatic rings. The van der Waals surface area contributed by atoms with Gasteiger partial charge in [-0.05, 0) is 23.8 Å². The minimum atomic E-state index is -0.929. The second kappa shape index (κ2) is 19.7. The molecule has 13 nitrogen and oxygen atoms in total. The fourth-order valence-electron chi connectivity index (χ4n) is 4.32. The standard InChI is InChI=1S/C34H39N5O8/c1-3-13-42-15-17-44-19-21-46-22-20-45-18-16-43-14-7-10-27-11-12-31-30(23-27)38(2)34(41)29(25-47-31)36-33(40)32-35-26-39(37-32)24-28-8-5-4-6-9-28/h1,4-6,8-9,11-12,23,26,29H,13-22,24-25H2,2H3,(H,36,40)/t29-/m0/s1. The van der Waals surface area contributed by atoms with Crippen molar-refractivity contribution >= 4 is 17.5 Å². The number of likely N-dealkylation sites (N-methyl/N-ethyl adjacent to an activating group) is 1. The van der Waals surface area contributed by atoms with Gasteiger partial charge in [0.1, 0.15) is 37.9 Å². The van der Waals surface area contributed by atoms with E-state index >= 15 is 0 Å². The Kier molecular flexibility index (Phi) is 14.7. The van der Waals surface area contributed by atoms with E-state index in [9.17, 15) is 9.59 Å². The molecule has 1 aromatic heterocycles. The van der Waals surface area contributed by atoms with E-state index < -0.39 is 11.9 Å². The van der Waals surface area contributed by atoms with Crippen LogP contribution in [0.3, 0.4) is 0 Å². The number of rotatable bonds is 18. The van der Waals surface area contributed by atoms with Gasteiger partial charge in [-0.25, -0.2) is 9.67 Å². The van der Waals surface area contributed by atoms with Gasteiger partial charge in [-0.15, -0.1) is 11.5 Å². The maximum atomic E-state index is 13.3. The molecule has 47 heavy (non-hydrogen) atoms. The van der Waals surface area contributed by atoms with E-state index in [1.54, 1.807) is 29.9 Å². The summed E-state index contributed by atoms with van der Waals surface area (Å²) >= 11 is 0. The van der Waals surface area contributed by atoms with Crippen LogP contribution in [0.1, 0.15) is 21.7 Å². The molecule has 0 radical (unpaired) electrons. The zero-order chi connectivity index (χ0) is 33.1. The van der Waals surface area contributed by atoms with Gasteiger partial charge >= 0.3 is 0 Å². The van der Waals surface area contributed by atoms with Crippen molar-refractivity contribution in [2.75, 3.05) is 84.6 Å². The van der Waals surface area contributed by atoms with Gasteiger partial charge in [-0.1, -0.05) is 48.1 Å². The van der Waals surface area contributed by atoms with Crippen molar-refractivity contribution in [1.82, 2.24) is 20.1 Å². The molecule has 1 atom stereocenters. The average Bonchev–Trinajstić information content (AvgIpc) is 3.52. The lowest BCUT2D eigenvalue weighted by atomic mass is 10.1. The first-order valence-corrected chi connectivity index (χ1v) is 15.1. The first-order chi connectivity index (χ1) is 23.0. The van der Waals surface area contributed by atoms with Gasteiger partial charge in [0.15, 0.2) is 0 Å². The van der Waals surface area contributed by atoms with Crippen molar-refractivity contribution in [3.8, 4) is 29.9 Å². The fraction of sp³-hybridized carbons (Fsp3) is 0.412. The van der Waals surface area contributed by atoms with Gasteiger partial charge in [0, 0.05) is 12.6 Å². The molecule has 4 rings (SSSR count). The number of ether oxygens (including phenoxy) is 6. The summed E-state index contributed by atoms with van der Waals surface area (Å²) in [5, 5.41) is 6.95. The van der Waals surface area contributed by atoms with Gasteiger partial charge in [-0.3, -0.25) is 9.59 Å². The third kappa shape index (κ3) is 11.8. The van der Waals surface area contributed by atoms with Crippen LogP contribution in [0.25, 0.3) is 0 Å². The minimum Gasteiger partial charge on any atom is -0.489 e. The number of nitrogens with one attached hydrogen (secondary N) is 1. The van der Waals surface area contributed by atoms with E-state index in [2.05, 4.69) is 33.2 Å². The summed E-state index contributed by atoms with van der Waals surface area (Å²) in [5.41, 5.74) is 2.25. The highest BCUT2D eigenvalue weighted by molar-refractivity contribution is 6.02. The number of fused-ring (bicyclic) bond motifs is 1. The maximum Gasteiger partial charge on any atom is 0.291 e. The van der Waals surface area contributed by atoms with Gasteiger partial charge < -0.3 is 38.6 Å². The second-order valence-electron chi connectivity index (χ2n) is 10.1. The van der Waals surface area contributed by atoms with Gasteiger partial charge in [0.25, 0.3) is 11.8 Å². The molecule has 0 spiro atoms. The zero-order valence-electron chi connectivity index (χ0n) is 26.4. The normalized spacial score (nSPS) is 13.9. The summed E-state index contributed by atoms with van der Waals surface area (Å²) in [6.07, 6.45) is 6.57. The van der Waals surface area contributed by atoms with Crippen molar-refractivity contribution in [2.24, 2.45) is 0 Å². The Bertz CT molecular complexity index is 1530. The van der Waals surface area contributed by atoms with E-state index in [0.717, 1.165) is 5.56 Å². The molecule has 13 heteroatoms. The van der Waals surface area contributed by atoms with Crippen LogP contribution < -0.4 is 15.0 Å². The van der Waals surface area contributed by atoms with Gasteiger partial charge in [0.05, 0.1) is 65.1 Å². The Balaban J connectivity index is 1.13. The third-order valence-electron chi connectivity index (χ3n) is 6.67. The van der Waals surface area contributed by atoms with Crippen molar-refractivity contribution < 1.29 is 38.0 Å². The topological polar surface area (TPSA) is 136 Å². The highest BCUT2D eigenvalue weighted by atomic mass is 16.6. The Hall–Kier alpha value is -4.76. The van der Waals surface area contributed by atoms with Crippen molar-refractivity contribution in [3.63, 3.8) is 0 Å². The molecular weight excluding hydrogens is 606 g/mol. The number of benzene rings is 2. The van der Waals surface area contributed by atoms with Crippen LogP contribution >= 0.6 is 0 Å². The average molecular weight is 646 g/mol. The number of aromatic nitrogens is 3. The molecule has 2 aromatic carbocycles. The third-order valence-corrected chi connectivity index (χ3v) is 6.67. The number of hydrogen-bond acceptors (Lipinski definition) is 10. The monoisotopic (exact) mass is 645 g/mol. The summed E-state index contributed by atoms with van der Waals surface area (Å²) < 4.78 is 34.3. The predicted octanol–water partition coefficient (Wildman–Crippen LogP) is 1.55. The lowest BCUT2D eigenvalue weighted by Gasteiger charge is -2.20. The molecule has 0 unspecified atom stereocenters. The van der Waals surface area contributed by atoms with Crippen LogP contribution in [0, 0.1) is 24.2 Å². The van der Waals surface area contributed by atoms with E-state index in [0.29, 0.717) is 76.4 Å². The number of nitrogens with zero attached hydrogens (tertiary/aromatic N) is 4. The summed E-state index contributed by atoms with van der Waals surface area (Å²) in [5.74, 6) is 7.96. The Morgan fingerprint density at radius 1 is 0.957 bits per heavy atom. The maximum absolute atomic E-state index is 13.3. The quantitative estimate of drug-likeness (QED) is 0.160. The Morgan fingerprint density at radius 2 is 1.62 bits per heavy atom. The van der Waals surface area contributed by atoms with Gasteiger partial charge in [-0.2, -0.15) is 0 Å². The Labute approximate surface area is 274 Å².